The van der Waals surface area contributed by atoms with Gasteiger partial charge in [-0.05, 0) is 18.2 Å². The van der Waals surface area contributed by atoms with Crippen LogP contribution in [0.5, 0.6) is 0 Å². The van der Waals surface area contributed by atoms with Gasteiger partial charge < -0.3 is 15.2 Å². The van der Waals surface area contributed by atoms with Crippen molar-refractivity contribution in [1.29, 1.82) is 0 Å². The fourth-order valence-electron chi connectivity index (χ4n) is 1.26. The number of hydrogen-bond acceptors (Lipinski definition) is 4. The number of anilines is 1. The van der Waals surface area contributed by atoms with Crippen molar-refractivity contribution in [2.24, 2.45) is 0 Å². The standard InChI is InChI=1S/C11H11NO5/c1-6(13)12-9-4-7(10(14)15)3-8(5-9)11(16)17-2/h3-5H,1-2H3,(H,12,13)(H,14,15). The molecule has 0 saturated carbocycles. The van der Waals surface area contributed by atoms with Crippen LogP contribution >= 0.6 is 0 Å². The Morgan fingerprint density at radius 3 is 2.24 bits per heavy atom. The highest BCUT2D eigenvalue weighted by Crippen LogP contribution is 2.16. The van der Waals surface area contributed by atoms with Crippen molar-refractivity contribution < 1.29 is 24.2 Å². The molecule has 0 spiro atoms. The normalized spacial score (nSPS) is 9.53. The average Bonchev–Trinajstić information content (AvgIpc) is 2.26. The summed E-state index contributed by atoms with van der Waals surface area (Å²) in [5.41, 5.74) is 0.200. The summed E-state index contributed by atoms with van der Waals surface area (Å²) in [4.78, 5) is 33.0. The molecule has 0 unspecified atom stereocenters. The van der Waals surface area contributed by atoms with Crippen LogP contribution in [0.3, 0.4) is 0 Å². The van der Waals surface area contributed by atoms with E-state index in [4.69, 9.17) is 5.11 Å². The van der Waals surface area contributed by atoms with Gasteiger partial charge in [-0.15, -0.1) is 0 Å². The van der Waals surface area contributed by atoms with Crippen molar-refractivity contribution in [1.82, 2.24) is 0 Å². The van der Waals surface area contributed by atoms with E-state index in [1.54, 1.807) is 0 Å². The molecule has 1 amide bonds. The topological polar surface area (TPSA) is 92.7 Å². The first-order chi connectivity index (χ1) is 7.93. The minimum atomic E-state index is -1.19. The molecule has 0 radical (unpaired) electrons. The maximum atomic E-state index is 11.3. The first-order valence-corrected chi connectivity index (χ1v) is 4.68. The molecule has 0 aliphatic heterocycles. The van der Waals surface area contributed by atoms with Gasteiger partial charge in [-0.1, -0.05) is 0 Å². The molecular formula is C11H11NO5. The lowest BCUT2D eigenvalue weighted by molar-refractivity contribution is -0.114. The quantitative estimate of drug-likeness (QED) is 0.768. The van der Waals surface area contributed by atoms with E-state index in [-0.39, 0.29) is 22.7 Å². The third kappa shape index (κ3) is 3.30. The number of carboxylic acid groups (broad SMARTS) is 1. The lowest BCUT2D eigenvalue weighted by atomic mass is 10.1. The molecule has 6 nitrogen and oxygen atoms in total. The van der Waals surface area contributed by atoms with E-state index in [0.29, 0.717) is 0 Å². The molecule has 1 aromatic carbocycles. The molecule has 0 aliphatic carbocycles. The first kappa shape index (κ1) is 12.7. The van der Waals surface area contributed by atoms with E-state index in [9.17, 15) is 14.4 Å². The maximum absolute atomic E-state index is 11.3. The highest BCUT2D eigenvalue weighted by Gasteiger charge is 2.12. The summed E-state index contributed by atoms with van der Waals surface area (Å²) in [7, 11) is 1.19. The summed E-state index contributed by atoms with van der Waals surface area (Å²) in [6, 6.07) is 3.79. The SMILES string of the molecule is COC(=O)c1cc(NC(C)=O)cc(C(=O)O)c1. The average molecular weight is 237 g/mol. The Morgan fingerprint density at radius 1 is 1.18 bits per heavy atom. The summed E-state index contributed by atoms with van der Waals surface area (Å²) < 4.78 is 4.49. The van der Waals surface area contributed by atoms with Crippen LogP contribution in [0.25, 0.3) is 0 Å². The molecule has 0 heterocycles. The molecule has 0 aliphatic rings. The van der Waals surface area contributed by atoms with Gasteiger partial charge in [-0.25, -0.2) is 9.59 Å². The fraction of sp³-hybridized carbons (Fsp3) is 0.182. The second kappa shape index (κ2) is 5.11. The molecule has 1 aromatic rings. The fourth-order valence-corrected chi connectivity index (χ4v) is 1.26. The predicted molar refractivity (Wildman–Crippen MR) is 59.0 cm³/mol. The van der Waals surface area contributed by atoms with E-state index in [1.165, 1.54) is 32.2 Å². The lowest BCUT2D eigenvalue weighted by Crippen LogP contribution is -2.10. The molecular weight excluding hydrogens is 226 g/mol. The molecule has 1 rings (SSSR count). The van der Waals surface area contributed by atoms with Gasteiger partial charge in [0.15, 0.2) is 0 Å². The molecule has 17 heavy (non-hydrogen) atoms. The number of esters is 1. The second-order valence-electron chi connectivity index (χ2n) is 3.28. The summed E-state index contributed by atoms with van der Waals surface area (Å²) in [5, 5.41) is 11.3. The monoisotopic (exact) mass is 237 g/mol. The number of carbonyl (C=O) groups is 3. The smallest absolute Gasteiger partial charge is 0.337 e. The van der Waals surface area contributed by atoms with E-state index >= 15 is 0 Å². The Bertz CT molecular complexity index is 481. The molecule has 90 valence electrons. The van der Waals surface area contributed by atoms with Gasteiger partial charge in [-0.2, -0.15) is 0 Å². The molecule has 2 N–H and O–H groups in total. The van der Waals surface area contributed by atoms with Crippen molar-refractivity contribution in [3.05, 3.63) is 29.3 Å². The van der Waals surface area contributed by atoms with Gasteiger partial charge in [0.2, 0.25) is 5.91 Å². The molecule has 0 fully saturated rings. The van der Waals surface area contributed by atoms with E-state index in [0.717, 1.165) is 0 Å². The Labute approximate surface area is 97.2 Å². The third-order valence-corrected chi connectivity index (χ3v) is 1.92. The Balaban J connectivity index is 3.23. The molecule has 0 bridgehead atoms. The maximum Gasteiger partial charge on any atom is 0.337 e. The number of nitrogens with one attached hydrogen (secondary N) is 1. The Hall–Kier alpha value is -2.37. The highest BCUT2D eigenvalue weighted by atomic mass is 16.5. The van der Waals surface area contributed by atoms with Gasteiger partial charge in [-0.3, -0.25) is 4.79 Å². The number of carbonyl (C=O) groups excluding carboxylic acids is 2. The number of rotatable bonds is 3. The zero-order valence-corrected chi connectivity index (χ0v) is 9.31. The second-order valence-corrected chi connectivity index (χ2v) is 3.28. The van der Waals surface area contributed by atoms with Gasteiger partial charge >= 0.3 is 11.9 Å². The van der Waals surface area contributed by atoms with Crippen molar-refractivity contribution in [3.8, 4) is 0 Å². The predicted octanol–water partition coefficient (Wildman–Crippen LogP) is 1.13. The van der Waals surface area contributed by atoms with Crippen molar-refractivity contribution in [3.63, 3.8) is 0 Å². The van der Waals surface area contributed by atoms with Crippen LogP contribution < -0.4 is 5.32 Å². The van der Waals surface area contributed by atoms with Crippen LogP contribution in [-0.4, -0.2) is 30.1 Å². The lowest BCUT2D eigenvalue weighted by Gasteiger charge is -2.06. The molecule has 6 heteroatoms. The van der Waals surface area contributed by atoms with Gasteiger partial charge in [0.05, 0.1) is 18.2 Å². The largest absolute Gasteiger partial charge is 0.478 e. The number of hydrogen-bond donors (Lipinski definition) is 2. The van der Waals surface area contributed by atoms with Gasteiger partial charge in [0.1, 0.15) is 0 Å². The van der Waals surface area contributed by atoms with Crippen molar-refractivity contribution in [2.75, 3.05) is 12.4 Å². The van der Waals surface area contributed by atoms with Crippen LogP contribution in [0.15, 0.2) is 18.2 Å². The third-order valence-electron chi connectivity index (χ3n) is 1.92. The van der Waals surface area contributed by atoms with Crippen LogP contribution in [0, 0.1) is 0 Å². The first-order valence-electron chi connectivity index (χ1n) is 4.68. The van der Waals surface area contributed by atoms with Gasteiger partial charge in [0.25, 0.3) is 0 Å². The Morgan fingerprint density at radius 2 is 1.76 bits per heavy atom. The molecule has 0 saturated heterocycles. The van der Waals surface area contributed by atoms with Crippen LogP contribution in [0.4, 0.5) is 5.69 Å². The Kier molecular flexibility index (Phi) is 3.82. The summed E-state index contributed by atoms with van der Waals surface area (Å²) in [5.74, 6) is -2.22. The zero-order chi connectivity index (χ0) is 13.0. The molecule has 0 atom stereocenters. The van der Waals surface area contributed by atoms with Crippen molar-refractivity contribution in [2.45, 2.75) is 6.92 Å². The van der Waals surface area contributed by atoms with E-state index < -0.39 is 11.9 Å². The highest BCUT2D eigenvalue weighted by molar-refractivity contribution is 5.98. The minimum Gasteiger partial charge on any atom is -0.478 e. The number of carboxylic acids is 1. The van der Waals surface area contributed by atoms with Crippen LogP contribution in [0.1, 0.15) is 27.6 Å². The summed E-state index contributed by atoms with van der Waals surface area (Å²) in [6.07, 6.45) is 0. The van der Waals surface area contributed by atoms with E-state index in [1.807, 2.05) is 0 Å². The number of benzene rings is 1. The number of amides is 1. The number of methoxy groups -OCH3 is 1. The summed E-state index contributed by atoms with van der Waals surface area (Å²) >= 11 is 0. The van der Waals surface area contributed by atoms with Gasteiger partial charge in [0, 0.05) is 12.6 Å². The summed E-state index contributed by atoms with van der Waals surface area (Å²) in [6.45, 7) is 1.28. The molecule has 0 aromatic heterocycles. The number of aromatic carboxylic acids is 1. The van der Waals surface area contributed by atoms with Crippen LogP contribution in [-0.2, 0) is 9.53 Å². The van der Waals surface area contributed by atoms with Crippen molar-refractivity contribution >= 4 is 23.5 Å². The zero-order valence-electron chi connectivity index (χ0n) is 9.31. The minimum absolute atomic E-state index is 0.0659. The van der Waals surface area contributed by atoms with E-state index in [2.05, 4.69) is 10.1 Å². The van der Waals surface area contributed by atoms with Crippen LogP contribution in [0.2, 0.25) is 0 Å². The number of ether oxygens (including phenoxy) is 1.